The number of carboxylic acids is 1. The maximum Gasteiger partial charge on any atom is 0.311 e. The molecule has 2 aromatic rings. The monoisotopic (exact) mass is 341 g/mol. The van der Waals surface area contributed by atoms with Crippen LogP contribution in [0.3, 0.4) is 0 Å². The normalized spacial score (nSPS) is 16.4. The van der Waals surface area contributed by atoms with Crippen molar-refractivity contribution in [2.45, 2.75) is 39.0 Å². The number of benzene rings is 1. The molecule has 3 rings (SSSR count). The van der Waals surface area contributed by atoms with Gasteiger partial charge in [0.1, 0.15) is 0 Å². The zero-order chi connectivity index (χ0) is 17.9. The largest absolute Gasteiger partial charge is 0.481 e. The van der Waals surface area contributed by atoms with Crippen LogP contribution in [0, 0.1) is 12.3 Å². The molecule has 0 atom stereocenters. The van der Waals surface area contributed by atoms with Gasteiger partial charge in [-0.3, -0.25) is 9.59 Å². The Kier molecular flexibility index (Phi) is 4.88. The van der Waals surface area contributed by atoms with Crippen molar-refractivity contribution in [3.63, 3.8) is 0 Å². The molecular formula is C19H23N3O3. The fraction of sp³-hybridized carbons (Fsp3) is 0.421. The maximum absolute atomic E-state index is 12.5. The van der Waals surface area contributed by atoms with E-state index in [0.717, 1.165) is 30.6 Å². The van der Waals surface area contributed by atoms with Crippen LogP contribution in [0.4, 0.5) is 0 Å². The SMILES string of the molecule is Cc1cc(C(=O)NCC2(C(=O)O)CCCCC2)nn1-c1ccccc1. The molecule has 0 bridgehead atoms. The molecule has 0 radical (unpaired) electrons. The van der Waals surface area contributed by atoms with Gasteiger partial charge in [0.05, 0.1) is 11.1 Å². The first-order valence-electron chi connectivity index (χ1n) is 8.65. The molecule has 1 aliphatic rings. The number of carbonyl (C=O) groups excluding carboxylic acids is 1. The second-order valence-corrected chi connectivity index (χ2v) is 6.75. The van der Waals surface area contributed by atoms with E-state index in [0.29, 0.717) is 18.5 Å². The third-order valence-corrected chi connectivity index (χ3v) is 4.97. The second kappa shape index (κ2) is 7.09. The minimum atomic E-state index is -0.842. The Labute approximate surface area is 146 Å². The lowest BCUT2D eigenvalue weighted by atomic mass is 9.74. The van der Waals surface area contributed by atoms with E-state index in [9.17, 15) is 14.7 Å². The predicted molar refractivity (Wildman–Crippen MR) is 93.8 cm³/mol. The first-order chi connectivity index (χ1) is 12.0. The van der Waals surface area contributed by atoms with E-state index in [2.05, 4.69) is 10.4 Å². The average molecular weight is 341 g/mol. The summed E-state index contributed by atoms with van der Waals surface area (Å²) in [6.07, 6.45) is 4.07. The molecule has 25 heavy (non-hydrogen) atoms. The van der Waals surface area contributed by atoms with Crippen LogP contribution in [0.5, 0.6) is 0 Å². The van der Waals surface area contributed by atoms with Gasteiger partial charge in [-0.1, -0.05) is 37.5 Å². The smallest absolute Gasteiger partial charge is 0.311 e. The number of aryl methyl sites for hydroxylation is 1. The Hall–Kier alpha value is -2.63. The summed E-state index contributed by atoms with van der Waals surface area (Å²) in [7, 11) is 0. The molecule has 0 spiro atoms. The van der Waals surface area contributed by atoms with Crippen LogP contribution in [0.15, 0.2) is 36.4 Å². The van der Waals surface area contributed by atoms with Crippen LogP contribution in [0.1, 0.15) is 48.3 Å². The summed E-state index contributed by atoms with van der Waals surface area (Å²) in [5.74, 6) is -1.15. The highest BCUT2D eigenvalue weighted by Crippen LogP contribution is 2.36. The van der Waals surface area contributed by atoms with Gasteiger partial charge in [-0.2, -0.15) is 5.10 Å². The van der Waals surface area contributed by atoms with E-state index in [-0.39, 0.29) is 12.5 Å². The summed E-state index contributed by atoms with van der Waals surface area (Å²) >= 11 is 0. The lowest BCUT2D eigenvalue weighted by Crippen LogP contribution is -2.44. The lowest BCUT2D eigenvalue weighted by Gasteiger charge is -2.33. The number of hydrogen-bond acceptors (Lipinski definition) is 3. The summed E-state index contributed by atoms with van der Waals surface area (Å²) in [4.78, 5) is 24.2. The highest BCUT2D eigenvalue weighted by molar-refractivity contribution is 5.92. The summed E-state index contributed by atoms with van der Waals surface area (Å²) in [5, 5.41) is 16.8. The van der Waals surface area contributed by atoms with Crippen molar-refractivity contribution in [1.82, 2.24) is 15.1 Å². The summed E-state index contributed by atoms with van der Waals surface area (Å²) in [6.45, 7) is 2.04. The van der Waals surface area contributed by atoms with Crippen molar-refractivity contribution in [1.29, 1.82) is 0 Å². The van der Waals surface area contributed by atoms with Crippen molar-refractivity contribution >= 4 is 11.9 Å². The van der Waals surface area contributed by atoms with Gasteiger partial charge in [0.25, 0.3) is 5.91 Å². The minimum Gasteiger partial charge on any atom is -0.481 e. The molecule has 0 saturated heterocycles. The molecule has 1 fully saturated rings. The summed E-state index contributed by atoms with van der Waals surface area (Å²) in [5.41, 5.74) is 1.19. The van der Waals surface area contributed by atoms with E-state index in [1.54, 1.807) is 10.7 Å². The number of aromatic nitrogens is 2. The minimum absolute atomic E-state index is 0.151. The molecule has 0 aliphatic heterocycles. The molecule has 2 N–H and O–H groups in total. The van der Waals surface area contributed by atoms with Crippen molar-refractivity contribution in [3.8, 4) is 5.69 Å². The molecule has 6 heteroatoms. The van der Waals surface area contributed by atoms with Gasteiger partial charge in [0, 0.05) is 12.2 Å². The molecule has 1 aromatic heterocycles. The number of para-hydroxylation sites is 1. The standard InChI is InChI=1S/C19H23N3O3/c1-14-12-16(21-22(14)15-8-4-2-5-9-15)17(23)20-13-19(18(24)25)10-6-3-7-11-19/h2,4-5,8-9,12H,3,6-7,10-11,13H2,1H3,(H,20,23)(H,24,25). The van der Waals surface area contributed by atoms with E-state index < -0.39 is 11.4 Å². The van der Waals surface area contributed by atoms with Crippen molar-refractivity contribution < 1.29 is 14.7 Å². The van der Waals surface area contributed by atoms with Gasteiger partial charge in [-0.25, -0.2) is 4.68 Å². The van der Waals surface area contributed by atoms with Gasteiger partial charge in [-0.15, -0.1) is 0 Å². The molecule has 1 heterocycles. The third kappa shape index (κ3) is 3.57. The Morgan fingerprint density at radius 2 is 1.88 bits per heavy atom. The number of carbonyl (C=O) groups is 2. The van der Waals surface area contributed by atoms with E-state index in [4.69, 9.17) is 0 Å². The average Bonchev–Trinajstić information content (AvgIpc) is 3.03. The lowest BCUT2D eigenvalue weighted by molar-refractivity contribution is -0.150. The van der Waals surface area contributed by atoms with Gasteiger partial charge in [0.15, 0.2) is 5.69 Å². The Morgan fingerprint density at radius 1 is 1.20 bits per heavy atom. The Balaban J connectivity index is 1.72. The van der Waals surface area contributed by atoms with Crippen molar-refractivity contribution in [3.05, 3.63) is 47.8 Å². The summed E-state index contributed by atoms with van der Waals surface area (Å²) < 4.78 is 1.71. The van der Waals surface area contributed by atoms with Crippen molar-refractivity contribution in [2.75, 3.05) is 6.54 Å². The first kappa shape index (κ1) is 17.2. The fourth-order valence-electron chi connectivity index (χ4n) is 3.45. The van der Waals surface area contributed by atoms with Crippen LogP contribution in [0.2, 0.25) is 0 Å². The number of rotatable bonds is 5. The second-order valence-electron chi connectivity index (χ2n) is 6.75. The van der Waals surface area contributed by atoms with Crippen LogP contribution < -0.4 is 5.32 Å². The summed E-state index contributed by atoms with van der Waals surface area (Å²) in [6, 6.07) is 11.3. The quantitative estimate of drug-likeness (QED) is 0.876. The topological polar surface area (TPSA) is 84.2 Å². The number of hydrogen-bond donors (Lipinski definition) is 2. The number of carboxylic acid groups (broad SMARTS) is 1. The molecule has 0 unspecified atom stereocenters. The molecule has 1 aromatic carbocycles. The third-order valence-electron chi connectivity index (χ3n) is 4.97. The van der Waals surface area contributed by atoms with Gasteiger partial charge in [0.2, 0.25) is 0 Å². The molecular weight excluding hydrogens is 318 g/mol. The van der Waals surface area contributed by atoms with Gasteiger partial charge >= 0.3 is 5.97 Å². The van der Waals surface area contributed by atoms with Gasteiger partial charge < -0.3 is 10.4 Å². The molecule has 1 amide bonds. The van der Waals surface area contributed by atoms with Crippen LogP contribution in [0.25, 0.3) is 5.69 Å². The number of aliphatic carboxylic acids is 1. The molecule has 6 nitrogen and oxygen atoms in total. The predicted octanol–water partition coefficient (Wildman–Crippen LogP) is 2.95. The molecule has 132 valence electrons. The van der Waals surface area contributed by atoms with Crippen LogP contribution in [-0.4, -0.2) is 33.3 Å². The Bertz CT molecular complexity index is 761. The highest BCUT2D eigenvalue weighted by atomic mass is 16.4. The number of nitrogens with one attached hydrogen (secondary N) is 1. The Morgan fingerprint density at radius 3 is 2.52 bits per heavy atom. The van der Waals surface area contributed by atoms with Crippen LogP contribution in [-0.2, 0) is 4.79 Å². The van der Waals surface area contributed by atoms with E-state index in [1.165, 1.54) is 0 Å². The van der Waals surface area contributed by atoms with Crippen molar-refractivity contribution in [2.24, 2.45) is 5.41 Å². The van der Waals surface area contributed by atoms with E-state index in [1.807, 2.05) is 37.3 Å². The number of amides is 1. The molecule has 1 saturated carbocycles. The fourth-order valence-corrected chi connectivity index (χ4v) is 3.45. The number of nitrogens with zero attached hydrogens (tertiary/aromatic N) is 2. The maximum atomic E-state index is 12.5. The van der Waals surface area contributed by atoms with E-state index >= 15 is 0 Å². The van der Waals surface area contributed by atoms with Crippen LogP contribution >= 0.6 is 0 Å². The zero-order valence-electron chi connectivity index (χ0n) is 14.4. The first-order valence-corrected chi connectivity index (χ1v) is 8.65. The molecule has 1 aliphatic carbocycles. The highest BCUT2D eigenvalue weighted by Gasteiger charge is 2.39. The zero-order valence-corrected chi connectivity index (χ0v) is 14.4. The van der Waals surface area contributed by atoms with Gasteiger partial charge in [-0.05, 0) is 38.0 Å².